The fourth-order valence-corrected chi connectivity index (χ4v) is 3.22. The van der Waals surface area contributed by atoms with Crippen LogP contribution in [-0.4, -0.2) is 34.0 Å². The number of aliphatic hydroxyl groups is 1. The van der Waals surface area contributed by atoms with Crippen LogP contribution in [-0.2, 0) is 17.9 Å². The van der Waals surface area contributed by atoms with E-state index in [2.05, 4.69) is 5.32 Å². The number of carbonyl (C=O) groups is 2. The Balaban J connectivity index is 1.83. The predicted molar refractivity (Wildman–Crippen MR) is 117 cm³/mol. The van der Waals surface area contributed by atoms with Crippen LogP contribution < -0.4 is 5.32 Å². The van der Waals surface area contributed by atoms with E-state index in [1.54, 1.807) is 29.2 Å². The number of benzene rings is 3. The van der Waals surface area contributed by atoms with Gasteiger partial charge in [0, 0.05) is 18.7 Å². The van der Waals surface area contributed by atoms with Gasteiger partial charge in [0.1, 0.15) is 6.04 Å². The fraction of sp³-hybridized carbons (Fsp3) is 0.200. The molecule has 0 aliphatic heterocycles. The SMILES string of the molecule is C[C@@H](O)[C@H](NC(=O)c1ccccc1)C(=O)N(Cc1ccccc1)Cc1ccccc1. The van der Waals surface area contributed by atoms with Crippen molar-refractivity contribution in [2.75, 3.05) is 0 Å². The summed E-state index contributed by atoms with van der Waals surface area (Å²) in [6.45, 7) is 2.26. The summed E-state index contributed by atoms with van der Waals surface area (Å²) in [6, 6.07) is 26.9. The van der Waals surface area contributed by atoms with Gasteiger partial charge < -0.3 is 15.3 Å². The monoisotopic (exact) mass is 402 g/mol. The van der Waals surface area contributed by atoms with Crippen LogP contribution in [0, 0.1) is 0 Å². The average Bonchev–Trinajstić information content (AvgIpc) is 2.78. The van der Waals surface area contributed by atoms with Gasteiger partial charge in [0.2, 0.25) is 5.91 Å². The number of nitrogens with zero attached hydrogens (tertiary/aromatic N) is 1. The lowest BCUT2D eigenvalue weighted by molar-refractivity contribution is -0.137. The lowest BCUT2D eigenvalue weighted by Crippen LogP contribution is -2.53. The molecule has 154 valence electrons. The molecule has 0 unspecified atom stereocenters. The summed E-state index contributed by atoms with van der Waals surface area (Å²) in [5.41, 5.74) is 2.38. The van der Waals surface area contributed by atoms with Crippen LogP contribution in [0.15, 0.2) is 91.0 Å². The molecule has 0 radical (unpaired) electrons. The van der Waals surface area contributed by atoms with Crippen LogP contribution in [0.25, 0.3) is 0 Å². The molecule has 3 rings (SSSR count). The van der Waals surface area contributed by atoms with Crippen LogP contribution in [0.1, 0.15) is 28.4 Å². The molecule has 5 nitrogen and oxygen atoms in total. The maximum atomic E-state index is 13.4. The fourth-order valence-electron chi connectivity index (χ4n) is 3.22. The van der Waals surface area contributed by atoms with Crippen molar-refractivity contribution < 1.29 is 14.7 Å². The van der Waals surface area contributed by atoms with E-state index >= 15 is 0 Å². The number of carbonyl (C=O) groups excluding carboxylic acids is 2. The molecule has 2 amide bonds. The summed E-state index contributed by atoms with van der Waals surface area (Å²) in [7, 11) is 0. The van der Waals surface area contributed by atoms with Gasteiger partial charge in [0.25, 0.3) is 5.91 Å². The van der Waals surface area contributed by atoms with E-state index in [1.165, 1.54) is 6.92 Å². The highest BCUT2D eigenvalue weighted by Crippen LogP contribution is 2.13. The molecule has 0 saturated carbocycles. The highest BCUT2D eigenvalue weighted by Gasteiger charge is 2.30. The highest BCUT2D eigenvalue weighted by molar-refractivity contribution is 5.97. The summed E-state index contributed by atoms with van der Waals surface area (Å²) in [5.74, 6) is -0.726. The minimum absolute atomic E-state index is 0.331. The van der Waals surface area contributed by atoms with Crippen molar-refractivity contribution in [2.24, 2.45) is 0 Å². The second-order valence-corrected chi connectivity index (χ2v) is 7.22. The van der Waals surface area contributed by atoms with Crippen LogP contribution in [0.3, 0.4) is 0 Å². The first-order valence-corrected chi connectivity index (χ1v) is 9.95. The van der Waals surface area contributed by atoms with E-state index in [0.29, 0.717) is 18.7 Å². The molecule has 0 saturated heterocycles. The Hall–Kier alpha value is -3.44. The van der Waals surface area contributed by atoms with Gasteiger partial charge in [-0.1, -0.05) is 78.9 Å². The Morgan fingerprint density at radius 1 is 0.800 bits per heavy atom. The molecule has 0 heterocycles. The molecular weight excluding hydrogens is 376 g/mol. The normalized spacial score (nSPS) is 12.6. The first-order valence-electron chi connectivity index (χ1n) is 9.95. The molecule has 0 aromatic heterocycles. The zero-order chi connectivity index (χ0) is 21.3. The van der Waals surface area contributed by atoms with E-state index in [-0.39, 0.29) is 5.91 Å². The van der Waals surface area contributed by atoms with Crippen molar-refractivity contribution in [3.63, 3.8) is 0 Å². The molecule has 0 aliphatic rings. The van der Waals surface area contributed by atoms with Crippen molar-refractivity contribution in [1.82, 2.24) is 10.2 Å². The Morgan fingerprint density at radius 2 is 1.23 bits per heavy atom. The summed E-state index contributed by atoms with van der Waals surface area (Å²) < 4.78 is 0. The number of amides is 2. The first-order chi connectivity index (χ1) is 14.5. The topological polar surface area (TPSA) is 69.6 Å². The molecule has 2 atom stereocenters. The Labute approximate surface area is 177 Å². The zero-order valence-electron chi connectivity index (χ0n) is 16.9. The number of nitrogens with one attached hydrogen (secondary N) is 1. The number of hydrogen-bond acceptors (Lipinski definition) is 3. The van der Waals surface area contributed by atoms with E-state index < -0.39 is 18.1 Å². The largest absolute Gasteiger partial charge is 0.391 e. The molecule has 2 N–H and O–H groups in total. The maximum Gasteiger partial charge on any atom is 0.252 e. The van der Waals surface area contributed by atoms with Crippen molar-refractivity contribution in [3.05, 3.63) is 108 Å². The van der Waals surface area contributed by atoms with Crippen molar-refractivity contribution >= 4 is 11.8 Å². The van der Waals surface area contributed by atoms with Crippen molar-refractivity contribution in [3.8, 4) is 0 Å². The molecule has 5 heteroatoms. The van der Waals surface area contributed by atoms with E-state index in [0.717, 1.165) is 11.1 Å². The van der Waals surface area contributed by atoms with E-state index in [1.807, 2.05) is 66.7 Å². The van der Waals surface area contributed by atoms with Gasteiger partial charge in [-0.3, -0.25) is 9.59 Å². The number of aliphatic hydroxyl groups excluding tert-OH is 1. The average molecular weight is 402 g/mol. The lowest BCUT2D eigenvalue weighted by Gasteiger charge is -2.29. The zero-order valence-corrected chi connectivity index (χ0v) is 16.9. The third-order valence-electron chi connectivity index (χ3n) is 4.82. The standard InChI is InChI=1S/C25H26N2O3/c1-19(28)23(26-24(29)22-15-9-4-10-16-22)25(30)27(17-20-11-5-2-6-12-20)18-21-13-7-3-8-14-21/h2-16,19,23,28H,17-18H2,1H3,(H,26,29)/t19-,23+/m1/s1. The first kappa shape index (κ1) is 21.3. The van der Waals surface area contributed by atoms with Gasteiger partial charge in [-0.2, -0.15) is 0 Å². The number of hydrogen-bond donors (Lipinski definition) is 2. The van der Waals surface area contributed by atoms with Crippen LogP contribution in [0.4, 0.5) is 0 Å². The number of rotatable bonds is 8. The minimum atomic E-state index is -1.05. The summed E-state index contributed by atoms with van der Waals surface area (Å²) >= 11 is 0. The molecule has 3 aromatic rings. The molecule has 3 aromatic carbocycles. The van der Waals surface area contributed by atoms with Gasteiger partial charge in [-0.15, -0.1) is 0 Å². The van der Waals surface area contributed by atoms with Crippen LogP contribution in [0.5, 0.6) is 0 Å². The maximum absolute atomic E-state index is 13.4. The summed E-state index contributed by atoms with van der Waals surface area (Å²) in [4.78, 5) is 27.7. The minimum Gasteiger partial charge on any atom is -0.391 e. The molecule has 30 heavy (non-hydrogen) atoms. The quantitative estimate of drug-likeness (QED) is 0.607. The van der Waals surface area contributed by atoms with Crippen molar-refractivity contribution in [2.45, 2.75) is 32.2 Å². The van der Waals surface area contributed by atoms with Crippen molar-refractivity contribution in [1.29, 1.82) is 0 Å². The third-order valence-corrected chi connectivity index (χ3v) is 4.82. The summed E-state index contributed by atoms with van der Waals surface area (Å²) in [5, 5.41) is 13.0. The van der Waals surface area contributed by atoms with E-state index in [9.17, 15) is 14.7 Å². The Bertz CT molecular complexity index is 902. The highest BCUT2D eigenvalue weighted by atomic mass is 16.3. The molecule has 0 spiro atoms. The second-order valence-electron chi connectivity index (χ2n) is 7.22. The molecule has 0 bridgehead atoms. The Kier molecular flexibility index (Phi) is 7.35. The van der Waals surface area contributed by atoms with E-state index in [4.69, 9.17) is 0 Å². The van der Waals surface area contributed by atoms with Gasteiger partial charge >= 0.3 is 0 Å². The van der Waals surface area contributed by atoms with Gasteiger partial charge in [-0.05, 0) is 30.2 Å². The van der Waals surface area contributed by atoms with Crippen LogP contribution >= 0.6 is 0 Å². The van der Waals surface area contributed by atoms with Gasteiger partial charge in [0.15, 0.2) is 0 Å². The Morgan fingerprint density at radius 3 is 1.67 bits per heavy atom. The van der Waals surface area contributed by atoms with Gasteiger partial charge in [-0.25, -0.2) is 0 Å². The lowest BCUT2D eigenvalue weighted by atomic mass is 10.1. The summed E-state index contributed by atoms with van der Waals surface area (Å²) in [6.07, 6.45) is -1.04. The second kappa shape index (κ2) is 10.4. The van der Waals surface area contributed by atoms with Crippen LogP contribution in [0.2, 0.25) is 0 Å². The third kappa shape index (κ3) is 5.78. The molecular formula is C25H26N2O3. The predicted octanol–water partition coefficient (Wildman–Crippen LogP) is 3.39. The molecule has 0 fully saturated rings. The smallest absolute Gasteiger partial charge is 0.252 e. The van der Waals surface area contributed by atoms with Gasteiger partial charge in [0.05, 0.1) is 6.10 Å². The molecule has 0 aliphatic carbocycles.